The van der Waals surface area contributed by atoms with Crippen LogP contribution in [-0.2, 0) is 4.79 Å². The van der Waals surface area contributed by atoms with Gasteiger partial charge in [0.05, 0.1) is 17.2 Å². The van der Waals surface area contributed by atoms with E-state index in [2.05, 4.69) is 15.2 Å². The van der Waals surface area contributed by atoms with Crippen molar-refractivity contribution in [3.63, 3.8) is 0 Å². The lowest BCUT2D eigenvalue weighted by atomic mass is 9.95. The van der Waals surface area contributed by atoms with E-state index < -0.39 is 0 Å². The normalized spacial score (nSPS) is 15.4. The van der Waals surface area contributed by atoms with E-state index >= 15 is 0 Å². The van der Waals surface area contributed by atoms with Crippen molar-refractivity contribution in [3.05, 3.63) is 81.7 Å². The van der Waals surface area contributed by atoms with Gasteiger partial charge in [0.1, 0.15) is 4.70 Å². The molecule has 5 rings (SSSR count). The summed E-state index contributed by atoms with van der Waals surface area (Å²) in [7, 11) is 0. The number of thiophene rings is 1. The second-order valence-corrected chi connectivity index (χ2v) is 9.72. The summed E-state index contributed by atoms with van der Waals surface area (Å²) in [6.45, 7) is 5.32. The zero-order valence-corrected chi connectivity index (χ0v) is 20.1. The number of hydrogen-bond acceptors (Lipinski definition) is 6. The second kappa shape index (κ2) is 9.38. The first-order chi connectivity index (χ1) is 16.5. The molecule has 0 aliphatic carbocycles. The van der Waals surface area contributed by atoms with Crippen molar-refractivity contribution in [3.8, 4) is 5.69 Å². The third-order valence-corrected chi connectivity index (χ3v) is 7.34. The Balaban J connectivity index is 1.36. The average Bonchev–Trinajstić information content (AvgIpc) is 3.34. The number of fused-ring (bicyclic) bond motifs is 1. The molecule has 174 valence electrons. The smallest absolute Gasteiger partial charge is 0.277 e. The van der Waals surface area contributed by atoms with Gasteiger partial charge in [-0.3, -0.25) is 14.6 Å². The number of aryl methyl sites for hydroxylation is 1. The van der Waals surface area contributed by atoms with Gasteiger partial charge in [-0.2, -0.15) is 0 Å². The minimum atomic E-state index is -0.0892. The quantitative estimate of drug-likeness (QED) is 0.469. The van der Waals surface area contributed by atoms with E-state index in [4.69, 9.17) is 4.98 Å². The highest BCUT2D eigenvalue weighted by atomic mass is 32.1. The molecule has 7 nitrogen and oxygen atoms in total. The minimum Gasteiger partial charge on any atom is -0.349 e. The number of amides is 1. The highest BCUT2D eigenvalue weighted by molar-refractivity contribution is 7.17. The number of nitrogens with one attached hydrogen (secondary N) is 1. The molecular weight excluding hydrogens is 446 g/mol. The van der Waals surface area contributed by atoms with Crippen molar-refractivity contribution >= 4 is 33.4 Å². The largest absolute Gasteiger partial charge is 0.349 e. The number of anilines is 1. The van der Waals surface area contributed by atoms with E-state index in [-0.39, 0.29) is 23.4 Å². The van der Waals surface area contributed by atoms with Gasteiger partial charge in [-0.05, 0) is 61.9 Å². The fourth-order valence-electron chi connectivity index (χ4n) is 4.43. The number of hydrogen-bond donors (Lipinski definition) is 1. The predicted octanol–water partition coefficient (Wildman–Crippen LogP) is 4.24. The number of nitrogens with zero attached hydrogens (tertiary/aromatic N) is 4. The molecule has 1 N–H and O–H groups in total. The Morgan fingerprint density at radius 3 is 2.62 bits per heavy atom. The molecule has 1 aliphatic heterocycles. The lowest BCUT2D eigenvalue weighted by Crippen LogP contribution is -2.43. The molecule has 0 bridgehead atoms. The van der Waals surface area contributed by atoms with Crippen LogP contribution >= 0.6 is 11.3 Å². The summed E-state index contributed by atoms with van der Waals surface area (Å²) in [6.07, 6.45) is 4.92. The standard InChI is InChI=1S/C26H27N5O2S/c1-17-5-7-21(8-6-17)31-25(33)23-22(11-15-34-23)29-26(31)30-13-9-19(10-14-30)24(32)28-18(2)20-4-3-12-27-16-20/h3-8,11-12,15-16,18-19H,9-10,13-14H2,1-2H3,(H,28,32)/t18-/m0/s1. The molecule has 1 aromatic carbocycles. The number of piperidine rings is 1. The maximum Gasteiger partial charge on any atom is 0.277 e. The van der Waals surface area contributed by atoms with Crippen LogP contribution in [0.5, 0.6) is 0 Å². The zero-order valence-electron chi connectivity index (χ0n) is 19.3. The van der Waals surface area contributed by atoms with Gasteiger partial charge in [-0.25, -0.2) is 9.55 Å². The number of rotatable bonds is 5. The van der Waals surface area contributed by atoms with Crippen molar-refractivity contribution in [1.82, 2.24) is 19.9 Å². The van der Waals surface area contributed by atoms with Gasteiger partial charge < -0.3 is 10.2 Å². The molecule has 4 heterocycles. The van der Waals surface area contributed by atoms with Crippen LogP contribution in [0, 0.1) is 12.8 Å². The molecule has 0 radical (unpaired) electrons. The highest BCUT2D eigenvalue weighted by Gasteiger charge is 2.29. The Kier molecular flexibility index (Phi) is 6.15. The van der Waals surface area contributed by atoms with E-state index in [1.165, 1.54) is 11.3 Å². The SMILES string of the molecule is Cc1ccc(-n2c(N3CCC(C(=O)N[C@@H](C)c4cccnc4)CC3)nc3ccsc3c2=O)cc1. The zero-order chi connectivity index (χ0) is 23.7. The maximum absolute atomic E-state index is 13.4. The van der Waals surface area contributed by atoms with E-state index in [9.17, 15) is 9.59 Å². The Hall–Kier alpha value is -3.52. The Morgan fingerprint density at radius 2 is 1.91 bits per heavy atom. The van der Waals surface area contributed by atoms with Gasteiger partial charge in [0.25, 0.3) is 5.56 Å². The number of pyridine rings is 1. The molecule has 34 heavy (non-hydrogen) atoms. The van der Waals surface area contributed by atoms with Crippen LogP contribution in [0.15, 0.2) is 65.0 Å². The topological polar surface area (TPSA) is 80.1 Å². The fraction of sp³-hybridized carbons (Fsp3) is 0.308. The molecule has 0 spiro atoms. The monoisotopic (exact) mass is 473 g/mol. The first-order valence-electron chi connectivity index (χ1n) is 11.5. The van der Waals surface area contributed by atoms with Crippen molar-refractivity contribution < 1.29 is 4.79 Å². The van der Waals surface area contributed by atoms with Crippen LogP contribution in [0.2, 0.25) is 0 Å². The lowest BCUT2D eigenvalue weighted by molar-refractivity contribution is -0.126. The molecule has 4 aromatic rings. The van der Waals surface area contributed by atoms with Gasteiger partial charge in [-0.15, -0.1) is 11.3 Å². The van der Waals surface area contributed by atoms with Gasteiger partial charge in [0, 0.05) is 31.4 Å². The van der Waals surface area contributed by atoms with Crippen molar-refractivity contribution in [1.29, 1.82) is 0 Å². The average molecular weight is 474 g/mol. The molecule has 1 atom stereocenters. The summed E-state index contributed by atoms with van der Waals surface area (Å²) < 4.78 is 2.37. The van der Waals surface area contributed by atoms with Gasteiger partial charge in [0.15, 0.2) is 0 Å². The first kappa shape index (κ1) is 22.3. The lowest BCUT2D eigenvalue weighted by Gasteiger charge is -2.33. The Labute approximate surface area is 202 Å². The molecule has 1 aliphatic rings. The Bertz CT molecular complexity index is 1360. The summed E-state index contributed by atoms with van der Waals surface area (Å²) >= 11 is 1.42. The van der Waals surface area contributed by atoms with Crippen molar-refractivity contribution in [2.45, 2.75) is 32.7 Å². The van der Waals surface area contributed by atoms with E-state index in [0.29, 0.717) is 36.6 Å². The number of aromatic nitrogens is 3. The number of carbonyl (C=O) groups excluding carboxylic acids is 1. The summed E-state index contributed by atoms with van der Waals surface area (Å²) in [5.74, 6) is 0.635. The van der Waals surface area contributed by atoms with Crippen molar-refractivity contribution in [2.24, 2.45) is 5.92 Å². The molecule has 0 saturated carbocycles. The second-order valence-electron chi connectivity index (χ2n) is 8.80. The van der Waals surface area contributed by atoms with Crippen LogP contribution in [-0.4, -0.2) is 33.5 Å². The van der Waals surface area contributed by atoms with Crippen molar-refractivity contribution in [2.75, 3.05) is 18.0 Å². The van der Waals surface area contributed by atoms with Crippen LogP contribution in [0.25, 0.3) is 15.9 Å². The van der Waals surface area contributed by atoms with E-state index in [1.54, 1.807) is 17.0 Å². The number of carbonyl (C=O) groups is 1. The summed E-state index contributed by atoms with van der Waals surface area (Å²) in [5, 5.41) is 5.03. The molecule has 8 heteroatoms. The third kappa shape index (κ3) is 4.33. The van der Waals surface area contributed by atoms with Crippen LogP contribution < -0.4 is 15.8 Å². The molecule has 1 saturated heterocycles. The van der Waals surface area contributed by atoms with Crippen LogP contribution in [0.4, 0.5) is 5.95 Å². The fourth-order valence-corrected chi connectivity index (χ4v) is 5.19. The molecule has 0 unspecified atom stereocenters. The van der Waals surface area contributed by atoms with Gasteiger partial charge in [0.2, 0.25) is 11.9 Å². The number of benzene rings is 1. The molecule has 1 fully saturated rings. The third-order valence-electron chi connectivity index (χ3n) is 6.45. The van der Waals surface area contributed by atoms with Crippen LogP contribution in [0.3, 0.4) is 0 Å². The Morgan fingerprint density at radius 1 is 1.15 bits per heavy atom. The summed E-state index contributed by atoms with van der Waals surface area (Å²) in [4.78, 5) is 37.5. The molecule has 1 amide bonds. The van der Waals surface area contributed by atoms with Crippen LogP contribution in [0.1, 0.15) is 36.9 Å². The van der Waals surface area contributed by atoms with Gasteiger partial charge >= 0.3 is 0 Å². The highest BCUT2D eigenvalue weighted by Crippen LogP contribution is 2.27. The predicted molar refractivity (Wildman–Crippen MR) is 136 cm³/mol. The van der Waals surface area contributed by atoms with E-state index in [1.807, 2.05) is 61.7 Å². The maximum atomic E-state index is 13.4. The van der Waals surface area contributed by atoms with Gasteiger partial charge in [-0.1, -0.05) is 23.8 Å². The molecule has 3 aromatic heterocycles. The molecular formula is C26H27N5O2S. The minimum absolute atomic E-state index is 0.0518. The summed E-state index contributed by atoms with van der Waals surface area (Å²) in [6, 6.07) is 13.6. The van der Waals surface area contributed by atoms with E-state index in [0.717, 1.165) is 22.3 Å². The summed E-state index contributed by atoms with van der Waals surface area (Å²) in [5.41, 5.74) is 3.60. The first-order valence-corrected chi connectivity index (χ1v) is 12.4.